The second kappa shape index (κ2) is 10.6. The number of H-pyrrole nitrogens is 1. The predicted octanol–water partition coefficient (Wildman–Crippen LogP) is 4.10. The highest BCUT2D eigenvalue weighted by molar-refractivity contribution is 5.86. The average Bonchev–Trinajstić information content (AvgIpc) is 3.31. The van der Waals surface area contributed by atoms with Crippen LogP contribution in [0.1, 0.15) is 40.7 Å². The number of fused-ring (bicyclic) bond motifs is 3. The van der Waals surface area contributed by atoms with Gasteiger partial charge in [-0.1, -0.05) is 24.3 Å². The van der Waals surface area contributed by atoms with Crippen LogP contribution in [0.5, 0.6) is 17.2 Å². The highest BCUT2D eigenvalue weighted by atomic mass is 16.5. The molecule has 2 aromatic carbocycles. The molecule has 1 amide bonds. The number of aromatic amines is 1. The van der Waals surface area contributed by atoms with E-state index < -0.39 is 17.1 Å². The van der Waals surface area contributed by atoms with Crippen LogP contribution < -0.4 is 14.9 Å². The van der Waals surface area contributed by atoms with Crippen LogP contribution >= 0.6 is 0 Å². The maximum absolute atomic E-state index is 13.7. The molecule has 0 spiro atoms. The van der Waals surface area contributed by atoms with E-state index in [-0.39, 0.29) is 30.5 Å². The Hall–Kier alpha value is -4.24. The molecule has 0 saturated heterocycles. The van der Waals surface area contributed by atoms with E-state index in [1.807, 2.05) is 18.2 Å². The van der Waals surface area contributed by atoms with Crippen molar-refractivity contribution in [1.29, 1.82) is 0 Å². The first-order chi connectivity index (χ1) is 18.4. The number of methoxy groups -OCH3 is 3. The van der Waals surface area contributed by atoms with Gasteiger partial charge in [-0.25, -0.2) is 0 Å². The summed E-state index contributed by atoms with van der Waals surface area (Å²) in [6, 6.07) is 14.5. The number of ether oxygens (including phenoxy) is 3. The summed E-state index contributed by atoms with van der Waals surface area (Å²) in [5, 5.41) is 12.0. The molecule has 2 aromatic heterocycles. The number of hydrogen-bond acceptors (Lipinski definition) is 7. The fourth-order valence-corrected chi connectivity index (χ4v) is 5.16. The summed E-state index contributed by atoms with van der Waals surface area (Å²) in [4.78, 5) is 31.6. The molecule has 5 rings (SSSR count). The third kappa shape index (κ3) is 4.72. The monoisotopic (exact) mass is 518 g/mol. The lowest BCUT2D eigenvalue weighted by atomic mass is 9.90. The summed E-state index contributed by atoms with van der Waals surface area (Å²) < 4.78 is 22.0. The Morgan fingerprint density at radius 2 is 1.95 bits per heavy atom. The Morgan fingerprint density at radius 3 is 2.71 bits per heavy atom. The molecule has 198 valence electrons. The minimum Gasteiger partial charge on any atom is -0.502 e. The Balaban J connectivity index is 1.52. The quantitative estimate of drug-likeness (QED) is 0.361. The smallest absolute Gasteiger partial charge is 0.227 e. The van der Waals surface area contributed by atoms with Crippen LogP contribution in [0, 0.1) is 0 Å². The number of para-hydroxylation sites is 1. The molecule has 38 heavy (non-hydrogen) atoms. The maximum Gasteiger partial charge on any atom is 0.227 e. The van der Waals surface area contributed by atoms with Crippen molar-refractivity contribution in [3.63, 3.8) is 0 Å². The van der Waals surface area contributed by atoms with E-state index in [1.54, 1.807) is 30.2 Å². The summed E-state index contributed by atoms with van der Waals surface area (Å²) >= 11 is 0. The van der Waals surface area contributed by atoms with Crippen LogP contribution in [-0.4, -0.2) is 48.8 Å². The van der Waals surface area contributed by atoms with Gasteiger partial charge >= 0.3 is 0 Å². The number of nitrogens with one attached hydrogen (secondary N) is 1. The number of carbonyl (C=O) groups is 1. The van der Waals surface area contributed by atoms with Crippen LogP contribution in [0.4, 0.5) is 0 Å². The highest BCUT2D eigenvalue weighted by Crippen LogP contribution is 2.40. The molecule has 1 atom stereocenters. The van der Waals surface area contributed by atoms with E-state index in [0.717, 1.165) is 17.6 Å². The number of carbonyl (C=O) groups excluding carboxylic acids is 1. The van der Waals surface area contributed by atoms with Gasteiger partial charge in [-0.15, -0.1) is 0 Å². The SMILES string of the molecule is COCc1cc(=O)c(O)c(C(CC(=O)N2CCc3c([nH]c4ccccc34)C2)c2ccc(OC)cc2OC)o1. The molecular formula is C29H30N2O7. The Kier molecular flexibility index (Phi) is 7.11. The average molecular weight is 519 g/mol. The number of amides is 1. The van der Waals surface area contributed by atoms with Crippen LogP contribution in [0.25, 0.3) is 10.9 Å². The molecule has 9 nitrogen and oxygen atoms in total. The molecule has 0 saturated carbocycles. The standard InChI is InChI=1S/C29H30N2O7/c1-35-16-18-12-25(32)28(34)29(38-18)22(21-9-8-17(36-2)13-26(21)37-3)14-27(33)31-11-10-20-19-6-4-5-7-23(19)30-24(20)15-31/h4-9,12-13,22,30,34H,10-11,14-16H2,1-3H3. The van der Waals surface area contributed by atoms with Crippen molar-refractivity contribution in [3.05, 3.63) is 87.1 Å². The molecule has 4 aromatic rings. The number of benzene rings is 2. The van der Waals surface area contributed by atoms with Crippen molar-refractivity contribution in [2.45, 2.75) is 31.9 Å². The minimum atomic E-state index is -0.794. The Labute approximate surface area is 219 Å². The molecule has 1 unspecified atom stereocenters. The number of nitrogens with zero attached hydrogens (tertiary/aromatic N) is 1. The van der Waals surface area contributed by atoms with Gasteiger partial charge in [0.25, 0.3) is 0 Å². The van der Waals surface area contributed by atoms with Gasteiger partial charge in [0.05, 0.1) is 26.7 Å². The second-order valence-electron chi connectivity index (χ2n) is 9.28. The number of aromatic nitrogens is 1. The third-order valence-electron chi connectivity index (χ3n) is 7.03. The summed E-state index contributed by atoms with van der Waals surface area (Å²) in [6.45, 7) is 1.03. The summed E-state index contributed by atoms with van der Waals surface area (Å²) in [5.74, 6) is -0.235. The first-order valence-electron chi connectivity index (χ1n) is 12.4. The Morgan fingerprint density at radius 1 is 1.13 bits per heavy atom. The molecule has 0 aliphatic carbocycles. The van der Waals surface area contributed by atoms with Crippen molar-refractivity contribution >= 4 is 16.8 Å². The topological polar surface area (TPSA) is 114 Å². The van der Waals surface area contributed by atoms with Crippen molar-refractivity contribution in [2.75, 3.05) is 27.9 Å². The molecule has 0 bridgehead atoms. The van der Waals surface area contributed by atoms with Gasteiger partial charge in [-0.3, -0.25) is 9.59 Å². The van der Waals surface area contributed by atoms with Crippen LogP contribution in [0.15, 0.2) is 57.7 Å². The van der Waals surface area contributed by atoms with Crippen LogP contribution in [0.2, 0.25) is 0 Å². The fourth-order valence-electron chi connectivity index (χ4n) is 5.16. The normalized spacial score (nSPS) is 13.8. The van der Waals surface area contributed by atoms with E-state index in [2.05, 4.69) is 11.1 Å². The third-order valence-corrected chi connectivity index (χ3v) is 7.03. The molecule has 2 N–H and O–H groups in total. The lowest BCUT2D eigenvalue weighted by molar-refractivity contribution is -0.132. The molecular weight excluding hydrogens is 488 g/mol. The summed E-state index contributed by atoms with van der Waals surface area (Å²) in [5.41, 5.74) is 3.27. The predicted molar refractivity (Wildman–Crippen MR) is 141 cm³/mol. The van der Waals surface area contributed by atoms with E-state index in [1.165, 1.54) is 31.2 Å². The molecule has 1 aliphatic rings. The second-order valence-corrected chi connectivity index (χ2v) is 9.28. The van der Waals surface area contributed by atoms with Crippen molar-refractivity contribution < 1.29 is 28.5 Å². The molecule has 1 aliphatic heterocycles. The lowest BCUT2D eigenvalue weighted by Crippen LogP contribution is -2.36. The molecule has 0 radical (unpaired) electrons. The highest BCUT2D eigenvalue weighted by Gasteiger charge is 2.32. The van der Waals surface area contributed by atoms with E-state index in [4.69, 9.17) is 18.6 Å². The first kappa shape index (κ1) is 25.4. The molecule has 0 fully saturated rings. The van der Waals surface area contributed by atoms with Crippen LogP contribution in [-0.2, 0) is 29.1 Å². The van der Waals surface area contributed by atoms with Crippen LogP contribution in [0.3, 0.4) is 0 Å². The van der Waals surface area contributed by atoms with Gasteiger partial charge in [0.2, 0.25) is 17.1 Å². The largest absolute Gasteiger partial charge is 0.502 e. The first-order valence-corrected chi connectivity index (χ1v) is 12.4. The number of rotatable bonds is 8. The van der Waals surface area contributed by atoms with Gasteiger partial charge < -0.3 is 33.6 Å². The zero-order valence-corrected chi connectivity index (χ0v) is 21.6. The van der Waals surface area contributed by atoms with Crippen molar-refractivity contribution in [2.24, 2.45) is 0 Å². The van der Waals surface area contributed by atoms with Gasteiger partial charge in [0.1, 0.15) is 23.9 Å². The zero-order valence-electron chi connectivity index (χ0n) is 21.6. The van der Waals surface area contributed by atoms with Gasteiger partial charge in [0, 0.05) is 54.4 Å². The van der Waals surface area contributed by atoms with Crippen molar-refractivity contribution in [3.8, 4) is 17.2 Å². The van der Waals surface area contributed by atoms with Gasteiger partial charge in [0.15, 0.2) is 5.76 Å². The van der Waals surface area contributed by atoms with Gasteiger partial charge in [-0.05, 0) is 24.1 Å². The zero-order chi connectivity index (χ0) is 26.8. The van der Waals surface area contributed by atoms with Gasteiger partial charge in [-0.2, -0.15) is 0 Å². The van der Waals surface area contributed by atoms with E-state index >= 15 is 0 Å². The minimum absolute atomic E-state index is 0.00956. The van der Waals surface area contributed by atoms with E-state index in [0.29, 0.717) is 30.2 Å². The number of aromatic hydroxyl groups is 1. The lowest BCUT2D eigenvalue weighted by Gasteiger charge is -2.29. The fraction of sp³-hybridized carbons (Fsp3) is 0.310. The Bertz CT molecular complexity index is 1540. The summed E-state index contributed by atoms with van der Waals surface area (Å²) in [6.07, 6.45) is 0.677. The molecule has 9 heteroatoms. The summed E-state index contributed by atoms with van der Waals surface area (Å²) in [7, 11) is 4.54. The maximum atomic E-state index is 13.7. The van der Waals surface area contributed by atoms with E-state index in [9.17, 15) is 14.7 Å². The molecule has 3 heterocycles. The van der Waals surface area contributed by atoms with Crippen molar-refractivity contribution in [1.82, 2.24) is 9.88 Å². The number of hydrogen-bond donors (Lipinski definition) is 2.